The van der Waals surface area contributed by atoms with Crippen LogP contribution in [-0.2, 0) is 23.1 Å². The van der Waals surface area contributed by atoms with E-state index in [-0.39, 0.29) is 26.2 Å². The summed E-state index contributed by atoms with van der Waals surface area (Å²) in [5, 5.41) is 7.98. The summed E-state index contributed by atoms with van der Waals surface area (Å²) in [6.45, 7) is 8.31. The molecule has 0 aliphatic rings. The molecule has 0 radical (unpaired) electrons. The molecule has 0 aromatic heterocycles. The molecule has 18 heavy (non-hydrogen) atoms. The summed E-state index contributed by atoms with van der Waals surface area (Å²) in [6.07, 6.45) is 0.991. The lowest BCUT2D eigenvalue weighted by Crippen LogP contribution is -2.41. The lowest BCUT2D eigenvalue weighted by molar-refractivity contribution is -0.158. The molecule has 0 aliphatic carbocycles. The van der Waals surface area contributed by atoms with E-state index in [1.54, 1.807) is 20.8 Å². The van der Waals surface area contributed by atoms with Crippen LogP contribution in [-0.4, -0.2) is 36.2 Å². The quantitative estimate of drug-likeness (QED) is 0.395. The van der Waals surface area contributed by atoms with Crippen molar-refractivity contribution in [2.24, 2.45) is 0 Å². The third-order valence-corrected chi connectivity index (χ3v) is 4.55. The summed E-state index contributed by atoms with van der Waals surface area (Å²) >= 11 is 0. The largest absolute Gasteiger partial charge is 0.463 e. The van der Waals surface area contributed by atoms with Gasteiger partial charge in [-0.2, -0.15) is 0 Å². The maximum Gasteiger partial charge on any atom is 0.373 e. The highest BCUT2D eigenvalue weighted by Gasteiger charge is 2.56. The second-order valence-corrected chi connectivity index (χ2v) is 5.61. The topological polar surface area (TPSA) is 82.1 Å². The molecule has 106 valence electrons. The number of carbonyl (C=O) groups excluding carboxylic acids is 1. The first-order valence-corrected chi connectivity index (χ1v) is 7.35. The van der Waals surface area contributed by atoms with Gasteiger partial charge < -0.3 is 18.9 Å². The van der Waals surface area contributed by atoms with E-state index in [0.29, 0.717) is 0 Å². The highest BCUT2D eigenvalue weighted by Crippen LogP contribution is 2.60. The second kappa shape index (κ2) is 7.69. The van der Waals surface area contributed by atoms with E-state index in [1.807, 2.05) is 0 Å². The molecular weight excluding hydrogens is 259 g/mol. The summed E-state index contributed by atoms with van der Waals surface area (Å²) in [6, 6.07) is 0. The number of esters is 1. The molecule has 7 heteroatoms. The minimum atomic E-state index is -4.03. The minimum absolute atomic E-state index is 0.0378. The van der Waals surface area contributed by atoms with Crippen LogP contribution in [0, 0.1) is 0 Å². The molecule has 0 aliphatic heterocycles. The molecule has 1 unspecified atom stereocenters. The van der Waals surface area contributed by atoms with Crippen molar-refractivity contribution >= 4 is 13.6 Å². The number of hydrogen-bond acceptors (Lipinski definition) is 6. The van der Waals surface area contributed by atoms with Crippen molar-refractivity contribution in [2.75, 3.05) is 19.8 Å². The zero-order chi connectivity index (χ0) is 14.2. The Kier molecular flexibility index (Phi) is 7.40. The van der Waals surface area contributed by atoms with E-state index in [9.17, 15) is 14.5 Å². The van der Waals surface area contributed by atoms with E-state index in [0.717, 1.165) is 0 Å². The highest BCUT2D eigenvalue weighted by molar-refractivity contribution is 7.56. The Morgan fingerprint density at radius 2 is 1.78 bits per heavy atom. The first kappa shape index (κ1) is 17.3. The molecule has 0 heterocycles. The zero-order valence-electron chi connectivity index (χ0n) is 11.0. The number of hydrogen-bond donors (Lipinski definition) is 1. The Labute approximate surface area is 107 Å². The minimum Gasteiger partial charge on any atom is -0.463 e. The van der Waals surface area contributed by atoms with Crippen molar-refractivity contribution in [1.82, 2.24) is 0 Å². The lowest BCUT2D eigenvalue weighted by atomic mass is 10.2. The maximum atomic E-state index is 12.5. The third-order valence-electron chi connectivity index (χ3n) is 2.08. The summed E-state index contributed by atoms with van der Waals surface area (Å²) in [4.78, 5) is 11.8. The Balaban J connectivity index is 5.43. The molecule has 0 saturated carbocycles. The van der Waals surface area contributed by atoms with Crippen LogP contribution in [0.4, 0.5) is 0 Å². The molecule has 0 rings (SSSR count). The van der Waals surface area contributed by atoms with E-state index < -0.39 is 18.9 Å². The van der Waals surface area contributed by atoms with Crippen molar-refractivity contribution in [3.63, 3.8) is 0 Å². The van der Waals surface area contributed by atoms with Gasteiger partial charge in [-0.25, -0.2) is 4.79 Å². The normalized spacial score (nSPS) is 14.9. The molecule has 1 atom stereocenters. The fourth-order valence-corrected chi connectivity index (χ4v) is 3.17. The van der Waals surface area contributed by atoms with Crippen molar-refractivity contribution in [1.29, 1.82) is 0 Å². The van der Waals surface area contributed by atoms with Crippen LogP contribution in [0.15, 0.2) is 12.7 Å². The van der Waals surface area contributed by atoms with Crippen molar-refractivity contribution in [2.45, 2.75) is 32.5 Å². The predicted molar refractivity (Wildman–Crippen MR) is 67.3 cm³/mol. The van der Waals surface area contributed by atoms with Crippen LogP contribution in [0.2, 0.25) is 0 Å². The van der Waals surface area contributed by atoms with Gasteiger partial charge in [-0.05, 0) is 20.8 Å². The lowest BCUT2D eigenvalue weighted by Gasteiger charge is -2.31. The van der Waals surface area contributed by atoms with Gasteiger partial charge in [-0.1, -0.05) is 6.08 Å². The molecule has 0 saturated heterocycles. The van der Waals surface area contributed by atoms with Gasteiger partial charge in [0.05, 0.1) is 19.8 Å². The van der Waals surface area contributed by atoms with Gasteiger partial charge in [-0.3, -0.25) is 4.57 Å². The van der Waals surface area contributed by atoms with Crippen LogP contribution in [0.3, 0.4) is 0 Å². The van der Waals surface area contributed by atoms with Crippen LogP contribution < -0.4 is 0 Å². The predicted octanol–water partition coefficient (Wildman–Crippen LogP) is 2.08. The van der Waals surface area contributed by atoms with Gasteiger partial charge in [-0.15, -0.1) is 6.58 Å². The Bertz CT molecular complexity index is 319. The van der Waals surface area contributed by atoms with Gasteiger partial charge in [0, 0.05) is 6.42 Å². The average Bonchev–Trinajstić information content (AvgIpc) is 2.30. The number of aliphatic hydroxyl groups is 1. The monoisotopic (exact) mass is 280 g/mol. The van der Waals surface area contributed by atoms with Gasteiger partial charge in [0.2, 0.25) is 0 Å². The molecule has 0 fully saturated rings. The molecule has 0 bridgehead atoms. The molecular formula is C11H21O6P. The fraction of sp³-hybridized carbons (Fsp3) is 0.727. The number of rotatable bonds is 9. The molecule has 6 nitrogen and oxygen atoms in total. The Hall–Kier alpha value is -0.680. The molecule has 0 aromatic carbocycles. The van der Waals surface area contributed by atoms with Crippen LogP contribution in [0.5, 0.6) is 0 Å². The molecule has 1 N–H and O–H groups in total. The van der Waals surface area contributed by atoms with Gasteiger partial charge in [0.25, 0.3) is 5.34 Å². The highest BCUT2D eigenvalue weighted by atomic mass is 31.2. The van der Waals surface area contributed by atoms with E-state index in [2.05, 4.69) is 6.58 Å². The standard InChI is InChI=1S/C11H21O6P/c1-5-9-11(13,10(12)15-6-2)18(14,16-7-3)17-8-4/h5,13H,1,6-9H2,2-4H3. The zero-order valence-corrected chi connectivity index (χ0v) is 11.9. The van der Waals surface area contributed by atoms with Crippen LogP contribution in [0.1, 0.15) is 27.2 Å². The van der Waals surface area contributed by atoms with Gasteiger partial charge in [0.1, 0.15) is 0 Å². The van der Waals surface area contributed by atoms with Gasteiger partial charge >= 0.3 is 13.6 Å². The third kappa shape index (κ3) is 3.65. The first-order valence-electron chi connectivity index (χ1n) is 5.81. The fourth-order valence-electron chi connectivity index (χ4n) is 1.35. The van der Waals surface area contributed by atoms with Crippen LogP contribution >= 0.6 is 7.60 Å². The van der Waals surface area contributed by atoms with Gasteiger partial charge in [0.15, 0.2) is 0 Å². The Morgan fingerprint density at radius 1 is 1.28 bits per heavy atom. The van der Waals surface area contributed by atoms with E-state index in [4.69, 9.17) is 13.8 Å². The van der Waals surface area contributed by atoms with E-state index in [1.165, 1.54) is 6.08 Å². The average molecular weight is 280 g/mol. The molecule has 0 aromatic rings. The summed E-state index contributed by atoms with van der Waals surface area (Å²) in [5.41, 5.74) is 0. The summed E-state index contributed by atoms with van der Waals surface area (Å²) < 4.78 is 27.2. The smallest absolute Gasteiger partial charge is 0.373 e. The van der Waals surface area contributed by atoms with E-state index >= 15 is 0 Å². The number of ether oxygens (including phenoxy) is 1. The summed E-state index contributed by atoms with van der Waals surface area (Å²) in [5.74, 6) is -1.03. The second-order valence-electron chi connectivity index (χ2n) is 3.36. The van der Waals surface area contributed by atoms with Crippen molar-refractivity contribution in [3.05, 3.63) is 12.7 Å². The SMILES string of the molecule is C=CCC(O)(C(=O)OCC)P(=O)(OCC)OCC. The molecule has 0 spiro atoms. The maximum absolute atomic E-state index is 12.5. The van der Waals surface area contributed by atoms with Crippen molar-refractivity contribution < 1.29 is 28.3 Å². The first-order chi connectivity index (χ1) is 8.41. The van der Waals surface area contributed by atoms with Crippen LogP contribution in [0.25, 0.3) is 0 Å². The summed E-state index contributed by atoms with van der Waals surface area (Å²) in [7, 11) is -4.03. The molecule has 0 amide bonds. The number of carbonyl (C=O) groups is 1. The Morgan fingerprint density at radius 3 is 2.11 bits per heavy atom. The van der Waals surface area contributed by atoms with Crippen molar-refractivity contribution in [3.8, 4) is 0 Å².